The Kier molecular flexibility index (Phi) is 2.88. The lowest BCUT2D eigenvalue weighted by Gasteiger charge is -2.18. The number of aromatic nitrogens is 2. The second-order valence-corrected chi connectivity index (χ2v) is 6.97. The highest BCUT2D eigenvalue weighted by molar-refractivity contribution is 7.24. The van der Waals surface area contributed by atoms with E-state index in [0.29, 0.717) is 10.3 Å². The molecule has 3 aromatic rings. The normalized spacial score (nSPS) is 12.1. The molecule has 2 heterocycles. The summed E-state index contributed by atoms with van der Waals surface area (Å²) < 4.78 is 2.26. The molecule has 3 rings (SSSR count). The Balaban J connectivity index is 2.45. The van der Waals surface area contributed by atoms with Crippen LogP contribution in [0.1, 0.15) is 36.7 Å². The number of hydrogen-bond donors (Lipinski definition) is 1. The first-order chi connectivity index (χ1) is 9.79. The van der Waals surface area contributed by atoms with Gasteiger partial charge in [0.2, 0.25) is 0 Å². The number of benzene rings is 1. The van der Waals surface area contributed by atoms with E-state index in [1.807, 2.05) is 18.2 Å². The second-order valence-electron chi connectivity index (χ2n) is 5.93. The summed E-state index contributed by atoms with van der Waals surface area (Å²) in [6, 6.07) is 5.83. The van der Waals surface area contributed by atoms with Crippen LogP contribution in [0.2, 0.25) is 0 Å². The van der Waals surface area contributed by atoms with E-state index in [0.717, 1.165) is 16.5 Å². The van der Waals surface area contributed by atoms with E-state index in [2.05, 4.69) is 25.8 Å². The quantitative estimate of drug-likeness (QED) is 0.750. The van der Waals surface area contributed by atoms with Gasteiger partial charge >= 0.3 is 11.7 Å². The molecule has 0 spiro atoms. The van der Waals surface area contributed by atoms with Crippen molar-refractivity contribution < 1.29 is 9.90 Å². The van der Waals surface area contributed by atoms with Crippen LogP contribution in [0, 0.1) is 0 Å². The average Bonchev–Trinajstić information content (AvgIpc) is 2.76. The van der Waals surface area contributed by atoms with Crippen molar-refractivity contribution in [3.8, 4) is 0 Å². The van der Waals surface area contributed by atoms with Gasteiger partial charge in [-0.3, -0.25) is 0 Å². The molecule has 1 N–H and O–H groups in total. The van der Waals surface area contributed by atoms with Crippen LogP contribution in [0.5, 0.6) is 0 Å². The summed E-state index contributed by atoms with van der Waals surface area (Å²) in [5.74, 6) is -1.08. The van der Waals surface area contributed by atoms with E-state index in [-0.39, 0.29) is 11.0 Å². The van der Waals surface area contributed by atoms with E-state index in [1.165, 1.54) is 15.7 Å². The first-order valence-corrected chi connectivity index (χ1v) is 7.29. The zero-order chi connectivity index (χ0) is 15.4. The Hall–Kier alpha value is -2.21. The number of aromatic carboxylic acids is 1. The molecule has 0 fully saturated rings. The van der Waals surface area contributed by atoms with Crippen LogP contribution in [-0.2, 0) is 5.41 Å². The van der Waals surface area contributed by atoms with Crippen molar-refractivity contribution in [1.29, 1.82) is 0 Å². The van der Waals surface area contributed by atoms with Crippen LogP contribution < -0.4 is 5.69 Å². The van der Waals surface area contributed by atoms with E-state index in [1.54, 1.807) is 0 Å². The first-order valence-electron chi connectivity index (χ1n) is 6.47. The molecule has 0 bridgehead atoms. The van der Waals surface area contributed by atoms with E-state index in [9.17, 15) is 14.7 Å². The van der Waals surface area contributed by atoms with Crippen molar-refractivity contribution in [2.24, 2.45) is 0 Å². The number of fused-ring (bicyclic) bond motifs is 3. The van der Waals surface area contributed by atoms with Crippen molar-refractivity contribution >= 4 is 32.4 Å². The van der Waals surface area contributed by atoms with Crippen molar-refractivity contribution in [3.63, 3.8) is 0 Å². The number of carbonyl (C=O) groups is 1. The van der Waals surface area contributed by atoms with Gasteiger partial charge in [0.25, 0.3) is 0 Å². The maximum atomic E-state index is 12.0. The SMILES string of the molecule is CC(C)(C)c1ccc2c(c1)sc1c(C(=O)O)cnc(=O)n12. The van der Waals surface area contributed by atoms with Gasteiger partial charge in [-0.2, -0.15) is 0 Å². The fourth-order valence-electron chi connectivity index (χ4n) is 2.25. The third-order valence-corrected chi connectivity index (χ3v) is 4.58. The Morgan fingerprint density at radius 3 is 2.67 bits per heavy atom. The van der Waals surface area contributed by atoms with E-state index < -0.39 is 11.7 Å². The molecule has 0 atom stereocenters. The van der Waals surface area contributed by atoms with E-state index >= 15 is 0 Å². The van der Waals surface area contributed by atoms with Gasteiger partial charge in [-0.1, -0.05) is 26.8 Å². The lowest BCUT2D eigenvalue weighted by molar-refractivity contribution is 0.0698. The zero-order valence-electron chi connectivity index (χ0n) is 11.9. The van der Waals surface area contributed by atoms with Crippen molar-refractivity contribution in [2.45, 2.75) is 26.2 Å². The summed E-state index contributed by atoms with van der Waals surface area (Å²) in [5, 5.41) is 9.23. The fourth-order valence-corrected chi connectivity index (χ4v) is 3.43. The van der Waals surface area contributed by atoms with Gasteiger partial charge in [0.1, 0.15) is 10.4 Å². The summed E-state index contributed by atoms with van der Waals surface area (Å²) in [4.78, 5) is 27.3. The smallest absolute Gasteiger partial charge is 0.353 e. The lowest BCUT2D eigenvalue weighted by atomic mass is 9.87. The van der Waals surface area contributed by atoms with Gasteiger partial charge in [0.15, 0.2) is 0 Å². The van der Waals surface area contributed by atoms with Gasteiger partial charge in [-0.25, -0.2) is 19.0 Å². The molecule has 0 aliphatic carbocycles. The van der Waals surface area contributed by atoms with Crippen molar-refractivity contribution in [3.05, 3.63) is 46.0 Å². The fraction of sp³-hybridized carbons (Fsp3) is 0.267. The third kappa shape index (κ3) is 2.12. The zero-order valence-corrected chi connectivity index (χ0v) is 12.7. The van der Waals surface area contributed by atoms with Crippen LogP contribution in [-0.4, -0.2) is 20.5 Å². The predicted octanol–water partition coefficient (Wildman–Crippen LogP) is 2.90. The minimum absolute atomic E-state index is 0.0107. The maximum Gasteiger partial charge on any atom is 0.353 e. The molecule has 6 heteroatoms. The maximum absolute atomic E-state index is 12.0. The molecule has 0 aliphatic heterocycles. The molecule has 0 saturated heterocycles. The molecule has 0 amide bonds. The third-order valence-electron chi connectivity index (χ3n) is 3.43. The van der Waals surface area contributed by atoms with E-state index in [4.69, 9.17) is 0 Å². The molecule has 5 nitrogen and oxygen atoms in total. The monoisotopic (exact) mass is 302 g/mol. The highest BCUT2D eigenvalue weighted by atomic mass is 32.1. The van der Waals surface area contributed by atoms with Crippen LogP contribution in [0.3, 0.4) is 0 Å². The molecule has 2 aromatic heterocycles. The predicted molar refractivity (Wildman–Crippen MR) is 82.5 cm³/mol. The summed E-state index contributed by atoms with van der Waals surface area (Å²) in [6.45, 7) is 6.33. The van der Waals surface area contributed by atoms with Crippen LogP contribution in [0.25, 0.3) is 15.0 Å². The van der Waals surface area contributed by atoms with Crippen molar-refractivity contribution in [1.82, 2.24) is 9.38 Å². The lowest BCUT2D eigenvalue weighted by Crippen LogP contribution is -2.17. The topological polar surface area (TPSA) is 71.7 Å². The molecular formula is C15H14N2O3S. The average molecular weight is 302 g/mol. The molecule has 0 radical (unpaired) electrons. The van der Waals surface area contributed by atoms with Gasteiger partial charge in [-0.05, 0) is 23.1 Å². The second kappa shape index (κ2) is 4.39. The highest BCUT2D eigenvalue weighted by Gasteiger charge is 2.18. The standard InChI is InChI=1S/C15H14N2O3S/c1-15(2,3)8-4-5-10-11(6-8)21-12-9(13(18)19)7-16-14(20)17(10)12/h4-7H,1-3H3,(H,18,19). The summed E-state index contributed by atoms with van der Waals surface area (Å²) >= 11 is 1.30. The minimum atomic E-state index is -1.08. The highest BCUT2D eigenvalue weighted by Crippen LogP contribution is 2.31. The van der Waals surface area contributed by atoms with Crippen LogP contribution in [0.4, 0.5) is 0 Å². The molecule has 108 valence electrons. The number of hydrogen-bond acceptors (Lipinski definition) is 4. The molecule has 0 saturated carbocycles. The van der Waals surface area contributed by atoms with Gasteiger partial charge < -0.3 is 5.11 Å². The molecule has 0 unspecified atom stereocenters. The van der Waals surface area contributed by atoms with Gasteiger partial charge in [-0.15, -0.1) is 11.3 Å². The Morgan fingerprint density at radius 2 is 2.05 bits per heavy atom. The summed E-state index contributed by atoms with van der Waals surface area (Å²) in [6.07, 6.45) is 1.13. The molecular weight excluding hydrogens is 288 g/mol. The Morgan fingerprint density at radius 1 is 1.33 bits per heavy atom. The van der Waals surface area contributed by atoms with Crippen LogP contribution >= 0.6 is 11.3 Å². The molecule has 1 aromatic carbocycles. The largest absolute Gasteiger partial charge is 0.478 e. The number of carboxylic acid groups (broad SMARTS) is 1. The molecule has 0 aliphatic rings. The Bertz CT molecular complexity index is 932. The van der Waals surface area contributed by atoms with Gasteiger partial charge in [0.05, 0.1) is 16.4 Å². The van der Waals surface area contributed by atoms with Gasteiger partial charge in [0, 0.05) is 0 Å². The number of rotatable bonds is 1. The summed E-state index contributed by atoms with van der Waals surface area (Å²) in [5.41, 5.74) is 1.42. The van der Waals surface area contributed by atoms with Crippen LogP contribution in [0.15, 0.2) is 29.2 Å². The summed E-state index contributed by atoms with van der Waals surface area (Å²) in [7, 11) is 0. The number of thiazole rings is 1. The Labute approximate surface area is 124 Å². The number of nitrogens with zero attached hydrogens (tertiary/aromatic N) is 2. The first kappa shape index (κ1) is 13.8. The number of carboxylic acids is 1. The van der Waals surface area contributed by atoms with Crippen molar-refractivity contribution in [2.75, 3.05) is 0 Å². The minimum Gasteiger partial charge on any atom is -0.478 e. The molecule has 21 heavy (non-hydrogen) atoms.